The second-order valence-electron chi connectivity index (χ2n) is 9.76. The molecule has 162 valence electrons. The van der Waals surface area contributed by atoms with Gasteiger partial charge in [0.15, 0.2) is 0 Å². The third-order valence-corrected chi connectivity index (χ3v) is 7.96. The van der Waals surface area contributed by atoms with E-state index in [1.807, 2.05) is 24.8 Å². The van der Waals surface area contributed by atoms with Gasteiger partial charge in [-0.05, 0) is 93.7 Å². The van der Waals surface area contributed by atoms with E-state index in [2.05, 4.69) is 75.0 Å². The van der Waals surface area contributed by atoms with Gasteiger partial charge >= 0.3 is 0 Å². The molecular formula is C31H18N4. The maximum Gasteiger partial charge on any atom is 0.146 e. The lowest BCUT2D eigenvalue weighted by atomic mass is 9.98. The Morgan fingerprint density at radius 2 is 1.29 bits per heavy atom. The summed E-state index contributed by atoms with van der Waals surface area (Å²) in [6, 6.07) is 22.5. The summed E-state index contributed by atoms with van der Waals surface area (Å²) < 4.78 is 2.30. The van der Waals surface area contributed by atoms with Crippen LogP contribution in [0, 0.1) is 0 Å². The van der Waals surface area contributed by atoms with Gasteiger partial charge in [0.25, 0.3) is 0 Å². The first-order valence-electron chi connectivity index (χ1n) is 12.0. The molecule has 4 aromatic heterocycles. The number of nitrogens with zero attached hydrogens (tertiary/aromatic N) is 4. The van der Waals surface area contributed by atoms with Gasteiger partial charge in [-0.3, -0.25) is 14.4 Å². The van der Waals surface area contributed by atoms with Crippen molar-refractivity contribution < 1.29 is 0 Å². The highest BCUT2D eigenvalue weighted by Gasteiger charge is 2.26. The van der Waals surface area contributed by atoms with Crippen LogP contribution in [0.25, 0.3) is 60.6 Å². The van der Waals surface area contributed by atoms with E-state index in [9.17, 15) is 0 Å². The van der Waals surface area contributed by atoms with Crippen molar-refractivity contribution in [2.24, 2.45) is 0 Å². The van der Waals surface area contributed by atoms with Crippen molar-refractivity contribution in [3.8, 4) is 22.3 Å². The number of benzene rings is 3. The van der Waals surface area contributed by atoms with Crippen LogP contribution in [0.3, 0.4) is 0 Å². The summed E-state index contributed by atoms with van der Waals surface area (Å²) >= 11 is 0. The van der Waals surface area contributed by atoms with Crippen molar-refractivity contribution in [3.63, 3.8) is 0 Å². The summed E-state index contributed by atoms with van der Waals surface area (Å²) in [5.74, 6) is 0. The molecule has 0 amide bonds. The molecule has 35 heavy (non-hydrogen) atoms. The zero-order chi connectivity index (χ0) is 22.7. The fraction of sp³-hybridized carbons (Fsp3) is 0.0645. The monoisotopic (exact) mass is 446 g/mol. The van der Waals surface area contributed by atoms with Crippen LogP contribution < -0.4 is 0 Å². The number of aromatic nitrogens is 4. The zero-order valence-electron chi connectivity index (χ0n) is 18.8. The first kappa shape index (κ1) is 17.8. The third-order valence-electron chi connectivity index (χ3n) is 7.96. The van der Waals surface area contributed by atoms with Crippen LogP contribution in [0.4, 0.5) is 0 Å². The molecule has 0 aliphatic heterocycles. The predicted octanol–water partition coefficient (Wildman–Crippen LogP) is 6.73. The van der Waals surface area contributed by atoms with Gasteiger partial charge in [0.2, 0.25) is 0 Å². The van der Waals surface area contributed by atoms with Crippen molar-refractivity contribution in [1.29, 1.82) is 0 Å². The standard InChI is InChI=1S/C31H18N4/c1-2-4-21-17(3-1)9-18-12-24-19(11-23(18)21)10-20-13-28-30(14-25(20)24)35-29-6-8-33-16-27(29)26-15-32-7-5-22(26)31(35)34-28/h1-8,11-16H,9-10H2. The number of pyridine rings is 3. The Bertz CT molecular complexity index is 2070. The smallest absolute Gasteiger partial charge is 0.146 e. The van der Waals surface area contributed by atoms with Crippen LogP contribution in [0.15, 0.2) is 85.5 Å². The van der Waals surface area contributed by atoms with Crippen molar-refractivity contribution in [1.82, 2.24) is 19.4 Å². The molecule has 0 atom stereocenters. The summed E-state index contributed by atoms with van der Waals surface area (Å²) in [7, 11) is 0. The molecule has 0 bridgehead atoms. The lowest BCUT2D eigenvalue weighted by molar-refractivity contribution is 1.24. The molecule has 0 saturated heterocycles. The average Bonchev–Trinajstić information content (AvgIpc) is 3.56. The highest BCUT2D eigenvalue weighted by molar-refractivity contribution is 6.13. The van der Waals surface area contributed by atoms with E-state index in [-0.39, 0.29) is 0 Å². The third kappa shape index (κ3) is 2.20. The van der Waals surface area contributed by atoms with Crippen molar-refractivity contribution >= 4 is 38.4 Å². The number of rotatable bonds is 0. The molecule has 0 saturated carbocycles. The molecular weight excluding hydrogens is 428 g/mol. The number of imidazole rings is 1. The van der Waals surface area contributed by atoms with Crippen molar-refractivity contribution in [2.75, 3.05) is 0 Å². The molecule has 2 aliphatic rings. The molecule has 0 N–H and O–H groups in total. The van der Waals surface area contributed by atoms with E-state index in [4.69, 9.17) is 4.98 Å². The fourth-order valence-electron chi connectivity index (χ4n) is 6.41. The summed E-state index contributed by atoms with van der Waals surface area (Å²) in [4.78, 5) is 13.9. The Kier molecular flexibility index (Phi) is 3.11. The second kappa shape index (κ2) is 6.10. The quantitative estimate of drug-likeness (QED) is 0.243. The topological polar surface area (TPSA) is 43.1 Å². The molecule has 9 rings (SSSR count). The summed E-state index contributed by atoms with van der Waals surface area (Å²) in [6.07, 6.45) is 9.54. The lowest BCUT2D eigenvalue weighted by Gasteiger charge is -2.09. The molecule has 4 heterocycles. The number of hydrogen-bond donors (Lipinski definition) is 0. The maximum atomic E-state index is 5.14. The van der Waals surface area contributed by atoms with Crippen LogP contribution in [0.1, 0.15) is 22.3 Å². The maximum absolute atomic E-state index is 5.14. The SMILES string of the molecule is c1ccc2c(c1)Cc1cc3c(cc1-2)Cc1cc2nc4c5ccncc5c5cnccc5n4c2cc1-3. The molecule has 0 spiro atoms. The van der Waals surface area contributed by atoms with Gasteiger partial charge in [-0.2, -0.15) is 0 Å². The Balaban J connectivity index is 1.35. The molecule has 2 aliphatic carbocycles. The Morgan fingerprint density at radius 1 is 0.571 bits per heavy atom. The van der Waals surface area contributed by atoms with Crippen molar-refractivity contribution in [2.45, 2.75) is 12.8 Å². The van der Waals surface area contributed by atoms with E-state index >= 15 is 0 Å². The van der Waals surface area contributed by atoms with Gasteiger partial charge in [-0.1, -0.05) is 24.3 Å². The largest absolute Gasteiger partial charge is 0.292 e. The van der Waals surface area contributed by atoms with E-state index in [1.165, 1.54) is 44.5 Å². The van der Waals surface area contributed by atoms with Gasteiger partial charge in [0.05, 0.1) is 16.6 Å². The van der Waals surface area contributed by atoms with Crippen LogP contribution in [0.5, 0.6) is 0 Å². The highest BCUT2D eigenvalue weighted by atomic mass is 15.0. The number of hydrogen-bond acceptors (Lipinski definition) is 3. The van der Waals surface area contributed by atoms with E-state index < -0.39 is 0 Å². The van der Waals surface area contributed by atoms with Gasteiger partial charge in [0, 0.05) is 40.9 Å². The molecule has 0 radical (unpaired) electrons. The molecule has 0 unspecified atom stereocenters. The Labute approximate surface area is 200 Å². The van der Waals surface area contributed by atoms with Crippen LogP contribution >= 0.6 is 0 Å². The summed E-state index contributed by atoms with van der Waals surface area (Å²) in [5.41, 5.74) is 15.4. The zero-order valence-corrected chi connectivity index (χ0v) is 18.8. The normalized spacial score (nSPS) is 13.5. The van der Waals surface area contributed by atoms with Crippen LogP contribution in [-0.2, 0) is 12.8 Å². The van der Waals surface area contributed by atoms with E-state index in [0.717, 1.165) is 51.2 Å². The highest BCUT2D eigenvalue weighted by Crippen LogP contribution is 2.46. The van der Waals surface area contributed by atoms with E-state index in [0.29, 0.717) is 0 Å². The van der Waals surface area contributed by atoms with Crippen molar-refractivity contribution in [3.05, 3.63) is 108 Å². The first-order valence-corrected chi connectivity index (χ1v) is 12.0. The molecule has 4 heteroatoms. The minimum atomic E-state index is 0.958. The second-order valence-corrected chi connectivity index (χ2v) is 9.76. The molecule has 0 fully saturated rings. The summed E-state index contributed by atoms with van der Waals surface area (Å²) in [6.45, 7) is 0. The van der Waals surface area contributed by atoms with Crippen LogP contribution in [-0.4, -0.2) is 19.4 Å². The summed E-state index contributed by atoms with van der Waals surface area (Å²) in [5, 5.41) is 3.29. The Morgan fingerprint density at radius 3 is 2.20 bits per heavy atom. The minimum absolute atomic E-state index is 0.958. The fourth-order valence-corrected chi connectivity index (χ4v) is 6.41. The van der Waals surface area contributed by atoms with Gasteiger partial charge in [-0.25, -0.2) is 4.98 Å². The van der Waals surface area contributed by atoms with Crippen LogP contribution in [0.2, 0.25) is 0 Å². The first-order chi connectivity index (χ1) is 17.3. The van der Waals surface area contributed by atoms with Gasteiger partial charge in [0.1, 0.15) is 5.65 Å². The molecule has 3 aromatic carbocycles. The minimum Gasteiger partial charge on any atom is -0.292 e. The predicted molar refractivity (Wildman–Crippen MR) is 140 cm³/mol. The van der Waals surface area contributed by atoms with E-state index in [1.54, 1.807) is 0 Å². The lowest BCUT2D eigenvalue weighted by Crippen LogP contribution is -1.92. The Hall–Kier alpha value is -4.57. The average molecular weight is 447 g/mol. The van der Waals surface area contributed by atoms with Gasteiger partial charge < -0.3 is 0 Å². The van der Waals surface area contributed by atoms with Gasteiger partial charge in [-0.15, -0.1) is 0 Å². The number of fused-ring (bicyclic) bond motifs is 14. The molecule has 7 aromatic rings. The molecule has 4 nitrogen and oxygen atoms in total.